The van der Waals surface area contributed by atoms with E-state index >= 15 is 0 Å². The molecule has 1 N–H and O–H groups in total. The Balaban J connectivity index is 3.67. The lowest BCUT2D eigenvalue weighted by Gasteiger charge is -2.25. The molecule has 0 aliphatic carbocycles. The largest absolute Gasteiger partial charge is 0.302 e. The molecule has 0 aliphatic rings. The first-order valence-electron chi connectivity index (χ1n) is 5.65. The van der Waals surface area contributed by atoms with Gasteiger partial charge in [-0.3, -0.25) is 0 Å². The van der Waals surface area contributed by atoms with E-state index in [-0.39, 0.29) is 6.04 Å². The van der Waals surface area contributed by atoms with Gasteiger partial charge in [0.2, 0.25) is 0 Å². The summed E-state index contributed by atoms with van der Waals surface area (Å²) in [5.74, 6) is 0. The predicted molar refractivity (Wildman–Crippen MR) is 61.0 cm³/mol. The molecule has 1 atom stereocenters. The molecule has 0 aromatic carbocycles. The van der Waals surface area contributed by atoms with Crippen molar-refractivity contribution in [1.82, 2.24) is 5.32 Å². The zero-order chi connectivity index (χ0) is 11.0. The maximum atomic E-state index is 8.63. The van der Waals surface area contributed by atoms with E-state index in [1.165, 1.54) is 25.7 Å². The van der Waals surface area contributed by atoms with Crippen molar-refractivity contribution in [1.29, 1.82) is 5.26 Å². The van der Waals surface area contributed by atoms with Gasteiger partial charge in [0, 0.05) is 6.54 Å². The van der Waals surface area contributed by atoms with E-state index < -0.39 is 0 Å². The first-order chi connectivity index (χ1) is 6.52. The number of nitrogens with zero attached hydrogens (tertiary/aromatic N) is 1. The molecule has 0 saturated heterocycles. The summed E-state index contributed by atoms with van der Waals surface area (Å²) in [5, 5.41) is 11.9. The van der Waals surface area contributed by atoms with E-state index in [1.807, 2.05) is 6.92 Å². The molecule has 0 saturated carbocycles. The van der Waals surface area contributed by atoms with Gasteiger partial charge in [-0.25, -0.2) is 0 Å². The van der Waals surface area contributed by atoms with Crippen molar-refractivity contribution in [3.63, 3.8) is 0 Å². The van der Waals surface area contributed by atoms with Gasteiger partial charge in [-0.05, 0) is 18.8 Å². The van der Waals surface area contributed by atoms with Gasteiger partial charge in [-0.15, -0.1) is 0 Å². The summed E-state index contributed by atoms with van der Waals surface area (Å²) >= 11 is 0. The van der Waals surface area contributed by atoms with Crippen LogP contribution in [0.4, 0.5) is 0 Å². The van der Waals surface area contributed by atoms with Crippen LogP contribution < -0.4 is 5.32 Å². The number of nitriles is 1. The minimum atomic E-state index is -0.0274. The Morgan fingerprint density at radius 2 is 2.00 bits per heavy atom. The number of hydrogen-bond acceptors (Lipinski definition) is 2. The fourth-order valence-electron chi connectivity index (χ4n) is 1.42. The van der Waals surface area contributed by atoms with Crippen LogP contribution in [0.3, 0.4) is 0 Å². The number of hydrogen-bond donors (Lipinski definition) is 1. The van der Waals surface area contributed by atoms with Gasteiger partial charge < -0.3 is 5.32 Å². The molecule has 0 heterocycles. The molecule has 0 fully saturated rings. The third-order valence-corrected chi connectivity index (χ3v) is 2.54. The molecule has 0 aromatic rings. The van der Waals surface area contributed by atoms with Crippen molar-refractivity contribution in [2.24, 2.45) is 5.41 Å². The van der Waals surface area contributed by atoms with Crippen molar-refractivity contribution in [3.8, 4) is 6.07 Å². The molecule has 0 rings (SSSR count). The molecular formula is C12H24N2. The second-order valence-corrected chi connectivity index (χ2v) is 4.85. The summed E-state index contributed by atoms with van der Waals surface area (Å²) in [4.78, 5) is 0. The Morgan fingerprint density at radius 1 is 1.36 bits per heavy atom. The van der Waals surface area contributed by atoms with E-state index in [9.17, 15) is 0 Å². The summed E-state index contributed by atoms with van der Waals surface area (Å²) < 4.78 is 0. The summed E-state index contributed by atoms with van der Waals surface area (Å²) in [5.41, 5.74) is 0.320. The van der Waals surface area contributed by atoms with Crippen LogP contribution >= 0.6 is 0 Å². The van der Waals surface area contributed by atoms with Crippen LogP contribution in [0.15, 0.2) is 0 Å². The minimum absolute atomic E-state index is 0.0274. The minimum Gasteiger partial charge on any atom is -0.302 e. The molecule has 82 valence electrons. The van der Waals surface area contributed by atoms with Gasteiger partial charge in [-0.1, -0.05) is 40.0 Å². The quantitative estimate of drug-likeness (QED) is 0.635. The van der Waals surface area contributed by atoms with E-state index in [0.29, 0.717) is 5.41 Å². The molecule has 2 heteroatoms. The van der Waals surface area contributed by atoms with Gasteiger partial charge >= 0.3 is 0 Å². The number of nitrogens with one attached hydrogen (secondary N) is 1. The van der Waals surface area contributed by atoms with E-state index in [2.05, 4.69) is 32.2 Å². The lowest BCUT2D eigenvalue weighted by molar-refractivity contribution is 0.298. The van der Waals surface area contributed by atoms with E-state index in [1.54, 1.807) is 0 Å². The molecule has 0 aliphatic heterocycles. The van der Waals surface area contributed by atoms with Crippen molar-refractivity contribution < 1.29 is 0 Å². The fourth-order valence-corrected chi connectivity index (χ4v) is 1.42. The van der Waals surface area contributed by atoms with Gasteiger partial charge in [0.05, 0.1) is 12.1 Å². The van der Waals surface area contributed by atoms with Gasteiger partial charge in [0.15, 0.2) is 0 Å². The molecule has 0 bridgehead atoms. The van der Waals surface area contributed by atoms with Crippen molar-refractivity contribution in [2.45, 2.75) is 59.4 Å². The monoisotopic (exact) mass is 196 g/mol. The van der Waals surface area contributed by atoms with Crippen molar-refractivity contribution >= 4 is 0 Å². The Hall–Kier alpha value is -0.550. The van der Waals surface area contributed by atoms with Crippen LogP contribution in [-0.2, 0) is 0 Å². The first kappa shape index (κ1) is 13.4. The SMILES string of the molecule is CCCCCC(C)(C)CNC(C)C#N. The fraction of sp³-hybridized carbons (Fsp3) is 0.917. The van der Waals surface area contributed by atoms with Crippen LogP contribution in [-0.4, -0.2) is 12.6 Å². The first-order valence-corrected chi connectivity index (χ1v) is 5.65. The zero-order valence-corrected chi connectivity index (χ0v) is 10.1. The Morgan fingerprint density at radius 3 is 2.50 bits per heavy atom. The van der Waals surface area contributed by atoms with E-state index in [4.69, 9.17) is 5.26 Å². The lowest BCUT2D eigenvalue weighted by atomic mass is 9.86. The maximum absolute atomic E-state index is 8.63. The summed E-state index contributed by atoms with van der Waals surface area (Å²) in [6.07, 6.45) is 5.13. The third kappa shape index (κ3) is 6.91. The number of rotatable bonds is 7. The average molecular weight is 196 g/mol. The smallest absolute Gasteiger partial charge is 0.0924 e. The van der Waals surface area contributed by atoms with Crippen LogP contribution in [0.5, 0.6) is 0 Å². The lowest BCUT2D eigenvalue weighted by Crippen LogP contribution is -2.34. The molecule has 1 unspecified atom stereocenters. The van der Waals surface area contributed by atoms with Gasteiger partial charge in [0.25, 0.3) is 0 Å². The predicted octanol–water partition coefficient (Wildman–Crippen LogP) is 3.09. The topological polar surface area (TPSA) is 35.8 Å². The highest BCUT2D eigenvalue weighted by molar-refractivity contribution is 4.87. The second-order valence-electron chi connectivity index (χ2n) is 4.85. The molecule has 14 heavy (non-hydrogen) atoms. The Bertz CT molecular complexity index is 179. The van der Waals surface area contributed by atoms with Crippen molar-refractivity contribution in [2.75, 3.05) is 6.54 Å². The molecule has 0 aromatic heterocycles. The standard InChI is InChI=1S/C12H24N2/c1-5-6-7-8-12(3,4)10-14-11(2)9-13/h11,14H,5-8,10H2,1-4H3. The normalized spacial score (nSPS) is 13.6. The molecule has 0 radical (unpaired) electrons. The third-order valence-electron chi connectivity index (χ3n) is 2.54. The Kier molecular flexibility index (Phi) is 6.57. The molecule has 0 amide bonds. The highest BCUT2D eigenvalue weighted by Gasteiger charge is 2.17. The summed E-state index contributed by atoms with van der Waals surface area (Å²) in [6, 6.07) is 2.17. The second kappa shape index (κ2) is 6.84. The molecular weight excluding hydrogens is 172 g/mol. The van der Waals surface area contributed by atoms with Crippen LogP contribution in [0.25, 0.3) is 0 Å². The van der Waals surface area contributed by atoms with E-state index in [0.717, 1.165) is 6.54 Å². The van der Waals surface area contributed by atoms with Gasteiger partial charge in [-0.2, -0.15) is 5.26 Å². The highest BCUT2D eigenvalue weighted by Crippen LogP contribution is 2.22. The number of unbranched alkanes of at least 4 members (excludes halogenated alkanes) is 2. The summed E-state index contributed by atoms with van der Waals surface area (Å²) in [7, 11) is 0. The average Bonchev–Trinajstić information content (AvgIpc) is 2.14. The summed E-state index contributed by atoms with van der Waals surface area (Å²) in [6.45, 7) is 9.59. The maximum Gasteiger partial charge on any atom is 0.0924 e. The zero-order valence-electron chi connectivity index (χ0n) is 10.1. The Labute approximate surface area is 88.7 Å². The van der Waals surface area contributed by atoms with Gasteiger partial charge in [0.1, 0.15) is 0 Å². The highest BCUT2D eigenvalue weighted by atomic mass is 14.9. The van der Waals surface area contributed by atoms with Crippen molar-refractivity contribution in [3.05, 3.63) is 0 Å². The van der Waals surface area contributed by atoms with Crippen LogP contribution in [0, 0.1) is 16.7 Å². The molecule has 0 spiro atoms. The van der Waals surface area contributed by atoms with Crippen LogP contribution in [0.1, 0.15) is 53.4 Å². The molecule has 2 nitrogen and oxygen atoms in total. The van der Waals surface area contributed by atoms with Crippen LogP contribution in [0.2, 0.25) is 0 Å².